The molecule has 28 heavy (non-hydrogen) atoms. The van der Waals surface area contributed by atoms with Crippen molar-refractivity contribution in [2.75, 3.05) is 5.32 Å². The quantitative estimate of drug-likeness (QED) is 0.448. The zero-order chi connectivity index (χ0) is 20.0. The molecule has 5 nitrogen and oxygen atoms in total. The minimum absolute atomic E-state index is 0.0424. The molecule has 0 aliphatic carbocycles. The molecule has 1 N–H and O–H groups in total. The van der Waals surface area contributed by atoms with Crippen molar-refractivity contribution in [1.29, 1.82) is 0 Å². The summed E-state index contributed by atoms with van der Waals surface area (Å²) in [6.45, 7) is 3.97. The van der Waals surface area contributed by atoms with Crippen molar-refractivity contribution in [2.45, 2.75) is 19.9 Å². The van der Waals surface area contributed by atoms with Gasteiger partial charge < -0.3 is 4.57 Å². The Kier molecular flexibility index (Phi) is 4.87. The van der Waals surface area contributed by atoms with E-state index >= 15 is 0 Å². The Labute approximate surface area is 174 Å². The second-order valence-electron chi connectivity index (χ2n) is 6.62. The van der Waals surface area contributed by atoms with Crippen molar-refractivity contribution in [1.82, 2.24) is 9.55 Å². The summed E-state index contributed by atoms with van der Waals surface area (Å²) in [6, 6.07) is 10.5. The number of anilines is 1. The Bertz CT molecular complexity index is 1290. The molecule has 1 amide bonds. The highest BCUT2D eigenvalue weighted by Gasteiger charge is 2.18. The summed E-state index contributed by atoms with van der Waals surface area (Å²) in [5.41, 5.74) is 1.14. The van der Waals surface area contributed by atoms with Gasteiger partial charge in [0.25, 0.3) is 5.91 Å². The number of hydrogen-bond acceptors (Lipinski definition) is 4. The third-order valence-electron chi connectivity index (χ3n) is 4.37. The van der Waals surface area contributed by atoms with Crippen LogP contribution in [0.4, 0.5) is 5.13 Å². The number of hydrogen-bond donors (Lipinski definition) is 1. The zero-order valence-corrected chi connectivity index (χ0v) is 17.3. The molecule has 8 heteroatoms. The van der Waals surface area contributed by atoms with E-state index in [9.17, 15) is 9.59 Å². The Morgan fingerprint density at radius 1 is 1.14 bits per heavy atom. The number of fused-ring (bicyclic) bond motifs is 2. The fraction of sp³-hybridized carbons (Fsp3) is 0.150. The van der Waals surface area contributed by atoms with Gasteiger partial charge in [-0.3, -0.25) is 14.9 Å². The maximum atomic E-state index is 12.9. The SMILES string of the molecule is CC(C)n1cc(C(=O)Nc2nc3ccc(Cl)cc3s2)c(=O)c2cc(Cl)ccc21. The van der Waals surface area contributed by atoms with Crippen LogP contribution in [-0.4, -0.2) is 15.5 Å². The molecule has 142 valence electrons. The van der Waals surface area contributed by atoms with E-state index in [1.807, 2.05) is 18.4 Å². The van der Waals surface area contributed by atoms with E-state index in [1.165, 1.54) is 11.3 Å². The van der Waals surface area contributed by atoms with Crippen LogP contribution in [0.25, 0.3) is 21.1 Å². The molecule has 0 aliphatic rings. The molecule has 0 aliphatic heterocycles. The van der Waals surface area contributed by atoms with E-state index in [0.29, 0.717) is 20.6 Å². The molecular weight excluding hydrogens is 417 g/mol. The number of thiazole rings is 1. The smallest absolute Gasteiger partial charge is 0.262 e. The lowest BCUT2D eigenvalue weighted by atomic mass is 10.1. The first-order valence-corrected chi connectivity index (χ1v) is 10.1. The molecule has 2 heterocycles. The largest absolute Gasteiger partial charge is 0.344 e. The number of carbonyl (C=O) groups is 1. The van der Waals surface area contributed by atoms with Crippen molar-refractivity contribution in [3.8, 4) is 0 Å². The number of carbonyl (C=O) groups excluding carboxylic acids is 1. The molecule has 2 aromatic carbocycles. The predicted molar refractivity (Wildman–Crippen MR) is 116 cm³/mol. The number of halogens is 2. The Morgan fingerprint density at radius 3 is 2.61 bits per heavy atom. The van der Waals surface area contributed by atoms with Crippen molar-refractivity contribution in [3.63, 3.8) is 0 Å². The van der Waals surface area contributed by atoms with E-state index in [-0.39, 0.29) is 17.0 Å². The van der Waals surface area contributed by atoms with Crippen LogP contribution in [0.5, 0.6) is 0 Å². The first-order chi connectivity index (χ1) is 13.3. The minimum atomic E-state index is -0.508. The highest BCUT2D eigenvalue weighted by Crippen LogP contribution is 2.28. The van der Waals surface area contributed by atoms with E-state index in [4.69, 9.17) is 23.2 Å². The number of rotatable bonds is 3. The molecule has 0 spiro atoms. The second-order valence-corrected chi connectivity index (χ2v) is 8.52. The van der Waals surface area contributed by atoms with Gasteiger partial charge in [-0.05, 0) is 50.2 Å². The summed E-state index contributed by atoms with van der Waals surface area (Å²) in [5.74, 6) is -0.508. The third-order valence-corrected chi connectivity index (χ3v) is 5.77. The van der Waals surface area contributed by atoms with Crippen molar-refractivity contribution >= 4 is 66.7 Å². The van der Waals surface area contributed by atoms with Gasteiger partial charge in [0.05, 0.1) is 15.7 Å². The molecule has 0 fully saturated rings. The maximum absolute atomic E-state index is 12.9. The first kappa shape index (κ1) is 18.9. The normalized spacial score (nSPS) is 11.5. The Morgan fingerprint density at radius 2 is 1.86 bits per heavy atom. The number of benzene rings is 2. The van der Waals surface area contributed by atoms with Crippen LogP contribution >= 0.6 is 34.5 Å². The molecule has 0 saturated carbocycles. The summed E-state index contributed by atoms with van der Waals surface area (Å²) in [4.78, 5) is 30.2. The molecule has 0 radical (unpaired) electrons. The molecule has 2 aromatic heterocycles. The van der Waals surface area contributed by atoms with Gasteiger partial charge in [-0.1, -0.05) is 34.5 Å². The number of amides is 1. The standard InChI is InChI=1S/C20H15Cl2N3O2S/c1-10(2)25-9-14(18(26)13-7-11(21)4-6-16(13)25)19(27)24-20-23-15-5-3-12(22)8-17(15)28-20/h3-10H,1-2H3,(H,23,24,27). The average molecular weight is 432 g/mol. The van der Waals surface area contributed by atoms with E-state index in [2.05, 4.69) is 10.3 Å². The van der Waals surface area contributed by atoms with Crippen LogP contribution < -0.4 is 10.7 Å². The van der Waals surface area contributed by atoms with Crippen LogP contribution in [0.2, 0.25) is 10.0 Å². The van der Waals surface area contributed by atoms with Gasteiger partial charge in [0.2, 0.25) is 5.43 Å². The fourth-order valence-corrected chi connectivity index (χ4v) is 4.34. The minimum Gasteiger partial charge on any atom is -0.344 e. The lowest BCUT2D eigenvalue weighted by Crippen LogP contribution is -2.24. The number of aromatic nitrogens is 2. The number of nitrogens with zero attached hydrogens (tertiary/aromatic N) is 2. The van der Waals surface area contributed by atoms with Crippen molar-refractivity contribution in [3.05, 3.63) is 68.4 Å². The Balaban J connectivity index is 1.79. The van der Waals surface area contributed by atoms with Crippen LogP contribution in [0, 0.1) is 0 Å². The van der Waals surface area contributed by atoms with Gasteiger partial charge in [-0.2, -0.15) is 0 Å². The van der Waals surface area contributed by atoms with Crippen molar-refractivity contribution in [2.24, 2.45) is 0 Å². The van der Waals surface area contributed by atoms with Gasteiger partial charge in [-0.15, -0.1) is 0 Å². The van der Waals surface area contributed by atoms with Gasteiger partial charge in [0.1, 0.15) is 5.56 Å². The number of pyridine rings is 1. The Hall–Kier alpha value is -2.41. The number of nitrogens with one attached hydrogen (secondary N) is 1. The molecule has 0 saturated heterocycles. The molecule has 0 atom stereocenters. The van der Waals surface area contributed by atoms with Gasteiger partial charge in [0.15, 0.2) is 5.13 Å². The summed E-state index contributed by atoms with van der Waals surface area (Å²) in [5, 5.41) is 4.59. The molecule has 0 bridgehead atoms. The van der Waals surface area contributed by atoms with Crippen LogP contribution in [0.3, 0.4) is 0 Å². The predicted octanol–water partition coefficient (Wildman–Crippen LogP) is 5.75. The summed E-state index contributed by atoms with van der Waals surface area (Å²) in [7, 11) is 0. The van der Waals surface area contributed by atoms with E-state index in [0.717, 1.165) is 15.7 Å². The molecular formula is C20H15Cl2N3O2S. The average Bonchev–Trinajstić information content (AvgIpc) is 3.03. The molecule has 4 rings (SSSR count). The lowest BCUT2D eigenvalue weighted by molar-refractivity contribution is 0.102. The van der Waals surface area contributed by atoms with Gasteiger partial charge >= 0.3 is 0 Å². The van der Waals surface area contributed by atoms with Crippen LogP contribution in [0.15, 0.2) is 47.4 Å². The van der Waals surface area contributed by atoms with E-state index in [1.54, 1.807) is 42.6 Å². The monoisotopic (exact) mass is 431 g/mol. The summed E-state index contributed by atoms with van der Waals surface area (Å²) >= 11 is 13.4. The van der Waals surface area contributed by atoms with Crippen LogP contribution in [0.1, 0.15) is 30.2 Å². The lowest BCUT2D eigenvalue weighted by Gasteiger charge is -2.16. The highest BCUT2D eigenvalue weighted by molar-refractivity contribution is 7.22. The van der Waals surface area contributed by atoms with Gasteiger partial charge in [-0.25, -0.2) is 4.98 Å². The molecule has 4 aromatic rings. The second kappa shape index (κ2) is 7.20. The highest BCUT2D eigenvalue weighted by atomic mass is 35.5. The van der Waals surface area contributed by atoms with Crippen LogP contribution in [-0.2, 0) is 0 Å². The zero-order valence-electron chi connectivity index (χ0n) is 15.0. The van der Waals surface area contributed by atoms with E-state index < -0.39 is 5.91 Å². The summed E-state index contributed by atoms with van der Waals surface area (Å²) in [6.07, 6.45) is 1.59. The first-order valence-electron chi connectivity index (χ1n) is 8.55. The topological polar surface area (TPSA) is 64.0 Å². The fourth-order valence-electron chi connectivity index (χ4n) is 3.03. The summed E-state index contributed by atoms with van der Waals surface area (Å²) < 4.78 is 2.74. The van der Waals surface area contributed by atoms with Gasteiger partial charge in [0, 0.05) is 27.7 Å². The third kappa shape index (κ3) is 3.39. The molecule has 0 unspecified atom stereocenters. The maximum Gasteiger partial charge on any atom is 0.262 e. The van der Waals surface area contributed by atoms with Crippen molar-refractivity contribution < 1.29 is 4.79 Å².